The van der Waals surface area contributed by atoms with Crippen LogP contribution >= 0.6 is 0 Å². The lowest BCUT2D eigenvalue weighted by Gasteiger charge is -2.34. The molecule has 2 fully saturated rings. The molecule has 4 rings (SSSR count). The third kappa shape index (κ3) is 7.05. The van der Waals surface area contributed by atoms with Crippen LogP contribution in [-0.2, 0) is 11.4 Å². The Hall–Kier alpha value is -2.43. The van der Waals surface area contributed by atoms with E-state index in [1.807, 2.05) is 0 Å². The minimum atomic E-state index is 0.701. The first-order chi connectivity index (χ1) is 15.4. The van der Waals surface area contributed by atoms with Gasteiger partial charge < -0.3 is 9.74 Å². The zero-order valence-electron chi connectivity index (χ0n) is 18.6. The predicted molar refractivity (Wildman–Crippen MR) is 129 cm³/mol. The summed E-state index contributed by atoms with van der Waals surface area (Å²) < 4.78 is 0. The van der Waals surface area contributed by atoms with Crippen LogP contribution in [0.15, 0.2) is 71.4 Å². The molecule has 0 atom stereocenters. The third-order valence-electron chi connectivity index (χ3n) is 6.22. The topological polar surface area (TPSA) is 28.1 Å². The van der Waals surface area contributed by atoms with Crippen molar-refractivity contribution in [3.8, 4) is 0 Å². The molecule has 0 amide bonds. The Morgan fingerprint density at radius 3 is 2.26 bits per heavy atom. The molecule has 31 heavy (non-hydrogen) atoms. The van der Waals surface area contributed by atoms with Crippen molar-refractivity contribution >= 4 is 11.8 Å². The van der Waals surface area contributed by atoms with Gasteiger partial charge in [-0.25, -0.2) is 0 Å². The highest BCUT2D eigenvalue weighted by atomic mass is 16.6. The fourth-order valence-corrected chi connectivity index (χ4v) is 4.41. The number of nitrogens with zero attached hydrogens (tertiary/aromatic N) is 3. The van der Waals surface area contributed by atoms with Gasteiger partial charge in [0.2, 0.25) is 0 Å². The molecule has 2 aromatic carbocycles. The maximum absolute atomic E-state index is 5.74. The summed E-state index contributed by atoms with van der Waals surface area (Å²) >= 11 is 0. The molecule has 0 bridgehead atoms. The molecule has 1 saturated carbocycles. The van der Waals surface area contributed by atoms with Crippen molar-refractivity contribution < 1.29 is 4.84 Å². The van der Waals surface area contributed by atoms with Crippen molar-refractivity contribution in [2.45, 2.75) is 38.6 Å². The second kappa shape index (κ2) is 11.8. The van der Waals surface area contributed by atoms with Gasteiger partial charge in [-0.2, -0.15) is 0 Å². The fraction of sp³-hybridized carbons (Fsp3) is 0.444. The second-order valence-corrected chi connectivity index (χ2v) is 8.62. The average molecular weight is 418 g/mol. The van der Waals surface area contributed by atoms with Crippen molar-refractivity contribution in [1.29, 1.82) is 0 Å². The van der Waals surface area contributed by atoms with Crippen molar-refractivity contribution in [3.63, 3.8) is 0 Å². The number of hydrogen-bond acceptors (Lipinski definition) is 4. The van der Waals surface area contributed by atoms with Crippen molar-refractivity contribution in [1.82, 2.24) is 9.80 Å². The number of hydrogen-bond donors (Lipinski definition) is 0. The van der Waals surface area contributed by atoms with Crippen molar-refractivity contribution in [2.75, 3.05) is 39.3 Å². The van der Waals surface area contributed by atoms with E-state index in [9.17, 15) is 0 Å². The lowest BCUT2D eigenvalue weighted by molar-refractivity contribution is 0.0999. The molecule has 1 heterocycles. The average Bonchev–Trinajstić information content (AvgIpc) is 2.82. The van der Waals surface area contributed by atoms with E-state index in [0.717, 1.165) is 64.2 Å². The molecule has 2 aliphatic rings. The normalized spacial score (nSPS) is 20.9. The van der Waals surface area contributed by atoms with Gasteiger partial charge in [-0.3, -0.25) is 4.90 Å². The Morgan fingerprint density at radius 2 is 1.48 bits per heavy atom. The lowest BCUT2D eigenvalue weighted by atomic mass is 9.91. The number of rotatable bonds is 8. The van der Waals surface area contributed by atoms with Crippen LogP contribution in [-0.4, -0.2) is 54.8 Å². The maximum Gasteiger partial charge on any atom is 0.118 e. The summed E-state index contributed by atoms with van der Waals surface area (Å²) in [7, 11) is 0. The monoisotopic (exact) mass is 417 g/mol. The molecule has 0 N–H and O–H groups in total. The Kier molecular flexibility index (Phi) is 8.31. The predicted octanol–water partition coefficient (Wildman–Crippen LogP) is 5.22. The van der Waals surface area contributed by atoms with Gasteiger partial charge in [-0.1, -0.05) is 65.8 Å². The number of piperazine rings is 1. The van der Waals surface area contributed by atoms with Gasteiger partial charge in [-0.05, 0) is 54.9 Å². The van der Waals surface area contributed by atoms with Gasteiger partial charge >= 0.3 is 0 Å². The minimum absolute atomic E-state index is 0.701. The van der Waals surface area contributed by atoms with E-state index in [2.05, 4.69) is 81.7 Å². The Bertz CT molecular complexity index is 839. The number of allylic oxidation sites excluding steroid dienone is 1. The summed E-state index contributed by atoms with van der Waals surface area (Å²) in [6.07, 6.45) is 7.89. The molecule has 2 aromatic rings. The molecule has 1 saturated heterocycles. The van der Waals surface area contributed by atoms with Crippen LogP contribution < -0.4 is 0 Å². The Morgan fingerprint density at radius 1 is 0.806 bits per heavy atom. The minimum Gasteiger partial charge on any atom is -0.396 e. The largest absolute Gasteiger partial charge is 0.396 e. The number of benzene rings is 2. The van der Waals surface area contributed by atoms with Crippen LogP contribution in [0.25, 0.3) is 6.08 Å². The summed E-state index contributed by atoms with van der Waals surface area (Å²) in [6, 6.07) is 21.3. The first kappa shape index (κ1) is 21.8. The van der Waals surface area contributed by atoms with Gasteiger partial charge in [0.1, 0.15) is 6.61 Å². The quantitative estimate of drug-likeness (QED) is 0.435. The SMILES string of the molecule is C(=C1CCCCC1=NOCCCN1CCN(Cc2ccccc2)CC1)c1ccccc1. The van der Waals surface area contributed by atoms with Crippen LogP contribution in [0.3, 0.4) is 0 Å². The van der Waals surface area contributed by atoms with Crippen LogP contribution in [0.1, 0.15) is 43.2 Å². The van der Waals surface area contributed by atoms with Crippen molar-refractivity contribution in [3.05, 3.63) is 77.4 Å². The summed E-state index contributed by atoms with van der Waals surface area (Å²) in [4.78, 5) is 10.9. The van der Waals surface area contributed by atoms with Gasteiger partial charge in [-0.15, -0.1) is 0 Å². The molecular weight excluding hydrogens is 382 g/mol. The maximum atomic E-state index is 5.74. The van der Waals surface area contributed by atoms with Crippen LogP contribution in [0, 0.1) is 0 Å². The van der Waals surface area contributed by atoms with E-state index in [0.29, 0.717) is 6.61 Å². The highest BCUT2D eigenvalue weighted by molar-refractivity contribution is 6.03. The highest BCUT2D eigenvalue weighted by Gasteiger charge is 2.17. The van der Waals surface area contributed by atoms with Crippen LogP contribution in [0.5, 0.6) is 0 Å². The summed E-state index contributed by atoms with van der Waals surface area (Å²) in [5.74, 6) is 0. The molecule has 0 radical (unpaired) electrons. The van der Waals surface area contributed by atoms with Crippen molar-refractivity contribution in [2.24, 2.45) is 5.16 Å². The Labute approximate surface area is 187 Å². The van der Waals surface area contributed by atoms with Gasteiger partial charge in [0.15, 0.2) is 0 Å². The van der Waals surface area contributed by atoms with E-state index in [1.54, 1.807) is 0 Å². The summed E-state index contributed by atoms with van der Waals surface area (Å²) in [6.45, 7) is 7.44. The van der Waals surface area contributed by atoms with E-state index < -0.39 is 0 Å². The summed E-state index contributed by atoms with van der Waals surface area (Å²) in [5.41, 5.74) is 5.14. The second-order valence-electron chi connectivity index (χ2n) is 8.62. The molecule has 1 aliphatic heterocycles. The lowest BCUT2D eigenvalue weighted by Crippen LogP contribution is -2.46. The van der Waals surface area contributed by atoms with E-state index in [-0.39, 0.29) is 0 Å². The molecule has 164 valence electrons. The Balaban J connectivity index is 1.16. The van der Waals surface area contributed by atoms with Gasteiger partial charge in [0.25, 0.3) is 0 Å². The van der Waals surface area contributed by atoms with Gasteiger partial charge in [0.05, 0.1) is 5.71 Å². The molecule has 4 heteroatoms. The highest BCUT2D eigenvalue weighted by Crippen LogP contribution is 2.23. The van der Waals surface area contributed by atoms with E-state index in [4.69, 9.17) is 4.84 Å². The zero-order chi connectivity index (χ0) is 21.1. The first-order valence-electron chi connectivity index (χ1n) is 11.8. The standard InChI is InChI=1S/C27H35N3O/c1-3-10-24(11-4-1)22-26-14-7-8-15-27(26)28-31-21-9-16-29-17-19-30(20-18-29)23-25-12-5-2-6-13-25/h1-6,10-13,22H,7-9,14-21,23H2. The van der Waals surface area contributed by atoms with Crippen LogP contribution in [0.4, 0.5) is 0 Å². The third-order valence-corrected chi connectivity index (χ3v) is 6.22. The molecule has 0 unspecified atom stereocenters. The van der Waals surface area contributed by atoms with Crippen LogP contribution in [0.2, 0.25) is 0 Å². The molecular formula is C27H35N3O. The zero-order valence-corrected chi connectivity index (χ0v) is 18.6. The molecule has 0 spiro atoms. The van der Waals surface area contributed by atoms with E-state index in [1.165, 1.54) is 29.5 Å². The molecule has 0 aromatic heterocycles. The van der Waals surface area contributed by atoms with E-state index >= 15 is 0 Å². The van der Waals surface area contributed by atoms with Gasteiger partial charge in [0, 0.05) is 39.3 Å². The number of oxime groups is 1. The molecule has 1 aliphatic carbocycles. The first-order valence-corrected chi connectivity index (χ1v) is 11.8. The fourth-order valence-electron chi connectivity index (χ4n) is 4.41. The smallest absolute Gasteiger partial charge is 0.118 e. The summed E-state index contributed by atoms with van der Waals surface area (Å²) in [5, 5.41) is 4.52. The molecule has 4 nitrogen and oxygen atoms in total.